The van der Waals surface area contributed by atoms with E-state index in [0.29, 0.717) is 33.0 Å². The van der Waals surface area contributed by atoms with Crippen LogP contribution in [-0.4, -0.2) is 19.7 Å². The molecular formula is C24H16ClFN4O2S. The fourth-order valence-corrected chi connectivity index (χ4v) is 4.59. The number of rotatable bonds is 5. The third-order valence-electron chi connectivity index (χ3n) is 5.12. The standard InChI is InChI=1S/C24H16ClFN4O2S/c1-14-10-21-19(12-20(14)25)16(11-22(31)32-21)13-33-24-29-28-23(15-6-8-27-9-7-15)30(24)18-4-2-17(26)3-5-18/h2-12H,13H2,1H3. The Labute approximate surface area is 197 Å². The molecule has 3 aromatic heterocycles. The quantitative estimate of drug-likeness (QED) is 0.234. The van der Waals surface area contributed by atoms with Gasteiger partial charge in [0, 0.05) is 45.9 Å². The molecule has 6 nitrogen and oxygen atoms in total. The van der Waals surface area contributed by atoms with E-state index in [2.05, 4.69) is 15.2 Å². The van der Waals surface area contributed by atoms with Crippen molar-refractivity contribution in [2.24, 2.45) is 0 Å². The Hall–Kier alpha value is -3.49. The fraction of sp³-hybridized carbons (Fsp3) is 0.0833. The van der Waals surface area contributed by atoms with E-state index < -0.39 is 5.63 Å². The maximum absolute atomic E-state index is 13.6. The van der Waals surface area contributed by atoms with Crippen LogP contribution in [0.3, 0.4) is 0 Å². The van der Waals surface area contributed by atoms with Gasteiger partial charge in [-0.1, -0.05) is 23.4 Å². The van der Waals surface area contributed by atoms with Crippen molar-refractivity contribution in [2.45, 2.75) is 17.8 Å². The second-order valence-corrected chi connectivity index (χ2v) is 8.68. The summed E-state index contributed by atoms with van der Waals surface area (Å²) in [6.07, 6.45) is 3.35. The van der Waals surface area contributed by atoms with E-state index >= 15 is 0 Å². The highest BCUT2D eigenvalue weighted by molar-refractivity contribution is 7.98. The molecule has 33 heavy (non-hydrogen) atoms. The van der Waals surface area contributed by atoms with E-state index in [0.717, 1.165) is 22.1 Å². The maximum Gasteiger partial charge on any atom is 0.336 e. The number of aromatic nitrogens is 4. The number of halogens is 2. The van der Waals surface area contributed by atoms with Crippen LogP contribution in [0.1, 0.15) is 11.1 Å². The summed E-state index contributed by atoms with van der Waals surface area (Å²) in [5.74, 6) is 0.695. The van der Waals surface area contributed by atoms with E-state index in [4.69, 9.17) is 16.0 Å². The topological polar surface area (TPSA) is 73.8 Å². The number of nitrogens with zero attached hydrogens (tertiary/aromatic N) is 4. The molecule has 0 atom stereocenters. The number of pyridine rings is 1. The normalized spacial score (nSPS) is 11.2. The van der Waals surface area contributed by atoms with Gasteiger partial charge in [-0.25, -0.2) is 9.18 Å². The first-order valence-electron chi connectivity index (χ1n) is 9.97. The van der Waals surface area contributed by atoms with Crippen LogP contribution < -0.4 is 5.63 Å². The number of benzene rings is 2. The Balaban J connectivity index is 1.57. The average molecular weight is 479 g/mol. The zero-order chi connectivity index (χ0) is 22.9. The molecule has 5 aromatic rings. The van der Waals surface area contributed by atoms with Crippen molar-refractivity contribution in [3.05, 3.63) is 99.4 Å². The molecule has 0 fully saturated rings. The van der Waals surface area contributed by atoms with Gasteiger partial charge in [-0.05, 0) is 66.6 Å². The van der Waals surface area contributed by atoms with Gasteiger partial charge in [0.15, 0.2) is 11.0 Å². The minimum absolute atomic E-state index is 0.332. The molecule has 5 rings (SSSR count). The van der Waals surface area contributed by atoms with Gasteiger partial charge >= 0.3 is 5.63 Å². The van der Waals surface area contributed by atoms with Crippen LogP contribution in [0.5, 0.6) is 0 Å². The van der Waals surface area contributed by atoms with Crippen molar-refractivity contribution in [1.29, 1.82) is 0 Å². The second kappa shape index (κ2) is 8.80. The highest BCUT2D eigenvalue weighted by Gasteiger charge is 2.17. The zero-order valence-corrected chi connectivity index (χ0v) is 18.9. The molecule has 2 aromatic carbocycles. The molecule has 0 radical (unpaired) electrons. The second-order valence-electron chi connectivity index (χ2n) is 7.33. The first kappa shape index (κ1) is 21.4. The number of thioether (sulfide) groups is 1. The van der Waals surface area contributed by atoms with Crippen molar-refractivity contribution in [3.63, 3.8) is 0 Å². The van der Waals surface area contributed by atoms with Gasteiger partial charge in [0.2, 0.25) is 0 Å². The molecule has 0 unspecified atom stereocenters. The van der Waals surface area contributed by atoms with Gasteiger partial charge < -0.3 is 4.42 Å². The predicted molar refractivity (Wildman–Crippen MR) is 126 cm³/mol. The SMILES string of the molecule is Cc1cc2oc(=O)cc(CSc3nnc(-c4ccncc4)n3-c3ccc(F)cc3)c2cc1Cl. The summed E-state index contributed by atoms with van der Waals surface area (Å²) in [4.78, 5) is 16.2. The highest BCUT2D eigenvalue weighted by Crippen LogP contribution is 2.32. The fourth-order valence-electron chi connectivity index (χ4n) is 3.48. The summed E-state index contributed by atoms with van der Waals surface area (Å²) in [5, 5.41) is 10.7. The first-order valence-corrected chi connectivity index (χ1v) is 11.3. The summed E-state index contributed by atoms with van der Waals surface area (Å²) in [5.41, 5.74) is 3.19. The van der Waals surface area contributed by atoms with Gasteiger partial charge in [0.1, 0.15) is 11.4 Å². The van der Waals surface area contributed by atoms with Gasteiger partial charge in [-0.15, -0.1) is 10.2 Å². The van der Waals surface area contributed by atoms with Crippen LogP contribution in [0.4, 0.5) is 4.39 Å². The Kier molecular flexibility index (Phi) is 5.70. The van der Waals surface area contributed by atoms with Gasteiger partial charge in [0.25, 0.3) is 0 Å². The minimum atomic E-state index is -0.433. The molecule has 0 amide bonds. The molecule has 0 aliphatic heterocycles. The van der Waals surface area contributed by atoms with Crippen molar-refractivity contribution in [3.8, 4) is 17.1 Å². The summed E-state index contributed by atoms with van der Waals surface area (Å²) in [7, 11) is 0. The number of fused-ring (bicyclic) bond motifs is 1. The van der Waals surface area contributed by atoms with Crippen LogP contribution >= 0.6 is 23.4 Å². The molecule has 0 N–H and O–H groups in total. The van der Waals surface area contributed by atoms with Crippen molar-refractivity contribution < 1.29 is 8.81 Å². The van der Waals surface area contributed by atoms with E-state index in [1.807, 2.05) is 23.6 Å². The van der Waals surface area contributed by atoms with Crippen LogP contribution in [0.25, 0.3) is 28.0 Å². The Morgan fingerprint density at radius 1 is 1.06 bits per heavy atom. The van der Waals surface area contributed by atoms with Crippen molar-refractivity contribution >= 4 is 34.3 Å². The molecule has 0 saturated heterocycles. The lowest BCUT2D eigenvalue weighted by Crippen LogP contribution is -2.02. The maximum atomic E-state index is 13.6. The third-order valence-corrected chi connectivity index (χ3v) is 6.51. The van der Waals surface area contributed by atoms with E-state index in [9.17, 15) is 9.18 Å². The summed E-state index contributed by atoms with van der Waals surface area (Å²) in [6.45, 7) is 1.86. The van der Waals surface area contributed by atoms with Gasteiger partial charge in [0.05, 0.1) is 0 Å². The number of aryl methyl sites for hydroxylation is 1. The zero-order valence-electron chi connectivity index (χ0n) is 17.3. The summed E-state index contributed by atoms with van der Waals surface area (Å²) < 4.78 is 20.8. The Morgan fingerprint density at radius 2 is 1.82 bits per heavy atom. The van der Waals surface area contributed by atoms with Crippen LogP contribution in [0, 0.1) is 12.7 Å². The summed E-state index contributed by atoms with van der Waals surface area (Å²) >= 11 is 7.72. The van der Waals surface area contributed by atoms with Crippen LogP contribution in [0.15, 0.2) is 81.4 Å². The van der Waals surface area contributed by atoms with Crippen LogP contribution in [0.2, 0.25) is 5.02 Å². The monoisotopic (exact) mass is 478 g/mol. The van der Waals surface area contributed by atoms with E-state index in [1.54, 1.807) is 36.7 Å². The largest absolute Gasteiger partial charge is 0.423 e. The lowest BCUT2D eigenvalue weighted by Gasteiger charge is -2.11. The molecule has 0 aliphatic rings. The first-order chi connectivity index (χ1) is 16.0. The predicted octanol–water partition coefficient (Wildman–Crippen LogP) is 5.83. The number of hydrogen-bond donors (Lipinski definition) is 0. The van der Waals surface area contributed by atoms with Gasteiger partial charge in [-0.2, -0.15) is 0 Å². The molecule has 3 heterocycles. The van der Waals surface area contributed by atoms with Crippen LogP contribution in [-0.2, 0) is 5.75 Å². The minimum Gasteiger partial charge on any atom is -0.423 e. The van der Waals surface area contributed by atoms with E-state index in [1.165, 1.54) is 30.0 Å². The Morgan fingerprint density at radius 3 is 2.58 bits per heavy atom. The summed E-state index contributed by atoms with van der Waals surface area (Å²) in [6, 6.07) is 14.8. The molecule has 0 aliphatic carbocycles. The highest BCUT2D eigenvalue weighted by atomic mass is 35.5. The third kappa shape index (κ3) is 4.27. The molecule has 0 bridgehead atoms. The smallest absolute Gasteiger partial charge is 0.336 e. The number of hydrogen-bond acceptors (Lipinski definition) is 6. The van der Waals surface area contributed by atoms with Crippen molar-refractivity contribution in [2.75, 3.05) is 0 Å². The lowest BCUT2D eigenvalue weighted by molar-refractivity contribution is 0.559. The van der Waals surface area contributed by atoms with Crippen molar-refractivity contribution in [1.82, 2.24) is 19.7 Å². The Bertz CT molecular complexity index is 1520. The van der Waals surface area contributed by atoms with Gasteiger partial charge in [-0.3, -0.25) is 9.55 Å². The molecule has 9 heteroatoms. The molecule has 0 spiro atoms. The lowest BCUT2D eigenvalue weighted by atomic mass is 10.1. The van der Waals surface area contributed by atoms with E-state index in [-0.39, 0.29) is 5.82 Å². The molecule has 164 valence electrons. The average Bonchev–Trinajstić information content (AvgIpc) is 3.24. The molecule has 0 saturated carbocycles. The molecular weight excluding hydrogens is 463 g/mol.